The fourth-order valence-corrected chi connectivity index (χ4v) is 5.48. The summed E-state index contributed by atoms with van der Waals surface area (Å²) in [7, 11) is 0. The van der Waals surface area contributed by atoms with Crippen molar-refractivity contribution < 1.29 is 9.50 Å². The number of thiophene rings is 1. The van der Waals surface area contributed by atoms with Gasteiger partial charge < -0.3 is 9.67 Å². The Morgan fingerprint density at radius 2 is 1.67 bits per heavy atom. The van der Waals surface area contributed by atoms with Gasteiger partial charge in [-0.1, -0.05) is 54.6 Å². The molecule has 3 aromatic carbocycles. The molecule has 0 radical (unpaired) electrons. The van der Waals surface area contributed by atoms with Crippen molar-refractivity contribution in [1.29, 1.82) is 0 Å². The van der Waals surface area contributed by atoms with Crippen molar-refractivity contribution in [2.24, 2.45) is 0 Å². The smallest absolute Gasteiger partial charge is 0.282 e. The maximum absolute atomic E-state index is 13.5. The first-order valence-electron chi connectivity index (χ1n) is 10.5. The quantitative estimate of drug-likeness (QED) is 0.323. The Balaban J connectivity index is 1.67. The van der Waals surface area contributed by atoms with E-state index in [0.717, 1.165) is 27.1 Å². The number of aromatic nitrogens is 2. The number of nitrogens with zero attached hydrogens (tertiary/aromatic N) is 2. The highest BCUT2D eigenvalue weighted by atomic mass is 32.1. The average molecular weight is 453 g/mol. The van der Waals surface area contributed by atoms with E-state index in [0.29, 0.717) is 28.9 Å². The highest BCUT2D eigenvalue weighted by Gasteiger charge is 2.28. The van der Waals surface area contributed by atoms with Crippen LogP contribution in [0.1, 0.15) is 22.5 Å². The maximum atomic E-state index is 13.5. The van der Waals surface area contributed by atoms with E-state index in [1.165, 1.54) is 35.6 Å². The molecule has 0 spiro atoms. The molecule has 1 N–H and O–H groups in total. The number of hydrogen-bond acceptors (Lipinski definition) is 4. The molecular weight excluding hydrogens is 435 g/mol. The molecular formula is C27H17FN2O2S. The van der Waals surface area contributed by atoms with Crippen molar-refractivity contribution in [3.05, 3.63) is 123 Å². The van der Waals surface area contributed by atoms with Gasteiger partial charge in [0.2, 0.25) is 0 Å². The number of aliphatic hydroxyl groups is 1. The van der Waals surface area contributed by atoms with Crippen LogP contribution >= 0.6 is 11.3 Å². The zero-order valence-electron chi connectivity index (χ0n) is 17.3. The molecule has 2 aromatic heterocycles. The summed E-state index contributed by atoms with van der Waals surface area (Å²) in [5.74, 6) is -0.0134. The Kier molecular flexibility index (Phi) is 4.48. The predicted octanol–water partition coefficient (Wildman–Crippen LogP) is 6.10. The minimum atomic E-state index is -0.385. The second kappa shape index (κ2) is 7.53. The van der Waals surface area contributed by atoms with Crippen LogP contribution in [0.3, 0.4) is 0 Å². The molecule has 0 aliphatic carbocycles. The molecule has 5 aromatic rings. The van der Waals surface area contributed by atoms with Crippen LogP contribution in [0.15, 0.2) is 89.0 Å². The van der Waals surface area contributed by atoms with E-state index < -0.39 is 0 Å². The highest BCUT2D eigenvalue weighted by molar-refractivity contribution is 7.17. The summed E-state index contributed by atoms with van der Waals surface area (Å²) in [5.41, 5.74) is 4.23. The molecule has 1 aliphatic rings. The first kappa shape index (κ1) is 19.6. The number of rotatable bonds is 2. The lowest BCUT2D eigenvalue weighted by Gasteiger charge is -2.25. The Hall–Kier alpha value is -4.03. The molecule has 0 fully saturated rings. The van der Waals surface area contributed by atoms with Crippen molar-refractivity contribution in [3.8, 4) is 11.1 Å². The molecule has 0 saturated heterocycles. The zero-order valence-corrected chi connectivity index (χ0v) is 18.1. The Labute approximate surface area is 192 Å². The van der Waals surface area contributed by atoms with Gasteiger partial charge in [-0.15, -0.1) is 11.3 Å². The van der Waals surface area contributed by atoms with Crippen LogP contribution < -0.4 is 5.56 Å². The van der Waals surface area contributed by atoms with E-state index >= 15 is 0 Å². The molecule has 0 bridgehead atoms. The number of hydrogen-bond donors (Lipinski definition) is 1. The first-order valence-corrected chi connectivity index (χ1v) is 11.3. The second-order valence-electron chi connectivity index (χ2n) is 7.91. The van der Waals surface area contributed by atoms with Crippen LogP contribution in [0.2, 0.25) is 0 Å². The lowest BCUT2D eigenvalue weighted by atomic mass is 9.92. The molecule has 1 aliphatic heterocycles. The zero-order chi connectivity index (χ0) is 22.5. The lowest BCUT2D eigenvalue weighted by Crippen LogP contribution is -2.23. The molecule has 0 amide bonds. The summed E-state index contributed by atoms with van der Waals surface area (Å²) in [5, 5.41) is 13.8. The summed E-state index contributed by atoms with van der Waals surface area (Å²) in [6.07, 6.45) is 0. The lowest BCUT2D eigenvalue weighted by molar-refractivity contribution is 0.512. The van der Waals surface area contributed by atoms with Gasteiger partial charge in [0, 0.05) is 16.5 Å². The van der Waals surface area contributed by atoms with Gasteiger partial charge in [-0.25, -0.2) is 4.39 Å². The summed E-state index contributed by atoms with van der Waals surface area (Å²) >= 11 is 1.49. The molecule has 160 valence electrons. The van der Waals surface area contributed by atoms with Gasteiger partial charge in [0.05, 0.1) is 17.5 Å². The second-order valence-corrected chi connectivity index (χ2v) is 8.77. The van der Waals surface area contributed by atoms with Crippen molar-refractivity contribution in [3.63, 3.8) is 0 Å². The molecule has 0 saturated carbocycles. The first-order chi connectivity index (χ1) is 16.1. The predicted molar refractivity (Wildman–Crippen MR) is 130 cm³/mol. The molecule has 33 heavy (non-hydrogen) atoms. The van der Waals surface area contributed by atoms with Gasteiger partial charge >= 0.3 is 0 Å². The molecule has 0 unspecified atom stereocenters. The van der Waals surface area contributed by atoms with Gasteiger partial charge in [0.15, 0.2) is 0 Å². The van der Waals surface area contributed by atoms with Gasteiger partial charge in [-0.05, 0) is 41.0 Å². The average Bonchev–Trinajstić information content (AvgIpc) is 3.30. The number of aliphatic hydroxyl groups excluding tert-OH is 1. The summed E-state index contributed by atoms with van der Waals surface area (Å²) in [4.78, 5) is 18.6. The standard InChI is InChI=1S/C27H17FN2O2S/c28-19-12-10-17(11-13-19)24(31)22-20-9-5-4-8-18(20)14-30-25(22)29-26(32)23-21(15-33-27(23)30)16-6-2-1-3-7-16/h1-13,15,31H,14H2/b24-22+. The minimum Gasteiger partial charge on any atom is -0.507 e. The Morgan fingerprint density at radius 3 is 2.45 bits per heavy atom. The number of fused-ring (bicyclic) bond motifs is 4. The van der Waals surface area contributed by atoms with Crippen LogP contribution in [0, 0.1) is 5.82 Å². The molecule has 6 rings (SSSR count). The van der Waals surface area contributed by atoms with E-state index in [4.69, 9.17) is 0 Å². The minimum absolute atomic E-state index is 0.0398. The van der Waals surface area contributed by atoms with Crippen LogP contribution in [0.5, 0.6) is 0 Å². The van der Waals surface area contributed by atoms with Crippen molar-refractivity contribution in [2.75, 3.05) is 0 Å². The van der Waals surface area contributed by atoms with Gasteiger partial charge in [-0.2, -0.15) is 4.98 Å². The Bertz CT molecular complexity index is 1620. The third-order valence-electron chi connectivity index (χ3n) is 5.97. The van der Waals surface area contributed by atoms with E-state index in [1.807, 2.05) is 64.5 Å². The van der Waals surface area contributed by atoms with E-state index in [9.17, 15) is 14.3 Å². The molecule has 3 heterocycles. The molecule has 6 heteroatoms. The SMILES string of the molecule is O=c1nc2n(c3scc(-c4ccccc4)c13)Cc1ccccc1/C2=C(\O)c1ccc(F)cc1. The summed E-state index contributed by atoms with van der Waals surface area (Å²) in [6.45, 7) is 0.532. The molecule has 0 atom stereocenters. The van der Waals surface area contributed by atoms with Crippen molar-refractivity contribution >= 4 is 32.9 Å². The number of halogens is 1. The van der Waals surface area contributed by atoms with Crippen molar-refractivity contribution in [2.45, 2.75) is 6.54 Å². The van der Waals surface area contributed by atoms with Gasteiger partial charge in [-0.3, -0.25) is 4.79 Å². The highest BCUT2D eigenvalue weighted by Crippen LogP contribution is 2.39. The Morgan fingerprint density at radius 1 is 0.939 bits per heavy atom. The fraction of sp³-hybridized carbons (Fsp3) is 0.0370. The van der Waals surface area contributed by atoms with Crippen LogP contribution in [0.25, 0.3) is 32.7 Å². The van der Waals surface area contributed by atoms with E-state index in [-0.39, 0.29) is 17.1 Å². The van der Waals surface area contributed by atoms with E-state index in [2.05, 4.69) is 4.98 Å². The van der Waals surface area contributed by atoms with Crippen LogP contribution in [0.4, 0.5) is 4.39 Å². The summed E-state index contributed by atoms with van der Waals surface area (Å²) in [6, 6.07) is 23.2. The summed E-state index contributed by atoms with van der Waals surface area (Å²) < 4.78 is 15.5. The van der Waals surface area contributed by atoms with Gasteiger partial charge in [0.1, 0.15) is 22.2 Å². The maximum Gasteiger partial charge on any atom is 0.282 e. The molecule has 4 nitrogen and oxygen atoms in total. The van der Waals surface area contributed by atoms with E-state index in [1.54, 1.807) is 0 Å². The van der Waals surface area contributed by atoms with Crippen molar-refractivity contribution in [1.82, 2.24) is 9.55 Å². The van der Waals surface area contributed by atoms with Crippen LogP contribution in [-0.2, 0) is 6.54 Å². The largest absolute Gasteiger partial charge is 0.507 e. The monoisotopic (exact) mass is 452 g/mol. The topological polar surface area (TPSA) is 55.1 Å². The normalized spacial score (nSPS) is 14.1. The third-order valence-corrected chi connectivity index (χ3v) is 6.97. The number of benzene rings is 3. The third kappa shape index (κ3) is 3.10. The van der Waals surface area contributed by atoms with Gasteiger partial charge in [0.25, 0.3) is 5.56 Å². The van der Waals surface area contributed by atoms with Crippen LogP contribution in [-0.4, -0.2) is 14.7 Å². The fourth-order valence-electron chi connectivity index (χ4n) is 4.41.